The van der Waals surface area contributed by atoms with Crippen molar-refractivity contribution < 1.29 is 5.11 Å². The van der Waals surface area contributed by atoms with E-state index in [1.165, 1.54) is 229 Å². The molecular weight excluding hydrogens is 1060 g/mol. The summed E-state index contributed by atoms with van der Waals surface area (Å²) in [6.45, 7) is 17.1. The summed E-state index contributed by atoms with van der Waals surface area (Å²) in [5.74, 6) is 11.9. The summed E-state index contributed by atoms with van der Waals surface area (Å²) < 4.78 is 1.20. The first-order valence-electron chi connectivity index (χ1n) is 35.5. The van der Waals surface area contributed by atoms with E-state index in [1.807, 2.05) is 0 Å². The van der Waals surface area contributed by atoms with Crippen LogP contribution in [0.3, 0.4) is 0 Å². The molecule has 0 unspecified atom stereocenters. The van der Waals surface area contributed by atoms with Crippen LogP contribution in [0.15, 0.2) is 77.3 Å². The zero-order chi connectivity index (χ0) is 56.5. The van der Waals surface area contributed by atoms with Gasteiger partial charge in [0.15, 0.2) is 0 Å². The second-order valence-electron chi connectivity index (χ2n) is 29.4. The highest BCUT2D eigenvalue weighted by molar-refractivity contribution is 9.10. The molecular formula is C76H125BrOSi2. The van der Waals surface area contributed by atoms with Gasteiger partial charge in [-0.1, -0.05) is 256 Å². The molecule has 6 fully saturated rings. The van der Waals surface area contributed by atoms with Crippen molar-refractivity contribution in [2.24, 2.45) is 53.3 Å². The molecule has 3 aromatic rings. The van der Waals surface area contributed by atoms with Gasteiger partial charge in [-0.05, 0) is 222 Å². The highest BCUT2D eigenvalue weighted by Gasteiger charge is 2.34. The maximum Gasteiger partial charge on any atom is 0.0807 e. The highest BCUT2D eigenvalue weighted by Crippen LogP contribution is 2.48. The van der Waals surface area contributed by atoms with Crippen LogP contribution in [0.1, 0.15) is 293 Å². The maximum absolute atomic E-state index is 9.19. The van der Waals surface area contributed by atoms with Crippen molar-refractivity contribution >= 4 is 43.2 Å². The summed E-state index contributed by atoms with van der Waals surface area (Å²) >= 11 is 3.56. The van der Waals surface area contributed by atoms with E-state index in [0.717, 1.165) is 77.4 Å². The predicted octanol–water partition coefficient (Wildman–Crippen LogP) is 22.8. The number of benzene rings is 3. The number of unbranched alkanes of at least 4 members (excludes halogenated alkanes) is 6. The van der Waals surface area contributed by atoms with E-state index in [2.05, 4.69) is 136 Å². The summed E-state index contributed by atoms with van der Waals surface area (Å²) in [7, 11) is -2.02. The lowest BCUT2D eigenvalue weighted by molar-refractivity contribution is 0.155. The third-order valence-corrected chi connectivity index (χ3v) is 28.9. The smallest absolute Gasteiger partial charge is 0.0807 e. The number of rotatable bonds is 23. The van der Waals surface area contributed by atoms with Gasteiger partial charge < -0.3 is 5.11 Å². The molecule has 4 heteroatoms. The van der Waals surface area contributed by atoms with Crippen molar-refractivity contribution in [2.75, 3.05) is 6.61 Å². The van der Waals surface area contributed by atoms with Crippen LogP contribution in [0.2, 0.25) is 32.2 Å². The van der Waals surface area contributed by atoms with E-state index in [0.29, 0.717) is 6.61 Å². The normalized spacial score (nSPS) is 29.5. The van der Waals surface area contributed by atoms with Gasteiger partial charge in [0, 0.05) is 11.1 Å². The van der Waals surface area contributed by atoms with Crippen LogP contribution in [0.25, 0.3) is 0 Å². The van der Waals surface area contributed by atoms with Crippen molar-refractivity contribution in [1.29, 1.82) is 0 Å². The monoisotopic (exact) mass is 1190 g/mol. The number of hydrogen-bond acceptors (Lipinski definition) is 1. The van der Waals surface area contributed by atoms with Crippen LogP contribution in [-0.4, -0.2) is 28.6 Å². The van der Waals surface area contributed by atoms with Crippen molar-refractivity contribution in [1.82, 2.24) is 0 Å². The minimum absolute atomic E-state index is 0.332. The molecule has 3 aromatic carbocycles. The molecule has 450 valence electrons. The van der Waals surface area contributed by atoms with Gasteiger partial charge >= 0.3 is 0 Å². The fraction of sp³-hybridized carbons (Fsp3) is 0.763. The lowest BCUT2D eigenvalue weighted by Crippen LogP contribution is -2.41. The van der Waals surface area contributed by atoms with Gasteiger partial charge in [-0.2, -0.15) is 0 Å². The Morgan fingerprint density at radius 2 is 0.675 bits per heavy atom. The quantitative estimate of drug-likeness (QED) is 0.0741. The van der Waals surface area contributed by atoms with Crippen LogP contribution < -0.4 is 10.4 Å². The molecule has 0 aliphatic heterocycles. The van der Waals surface area contributed by atoms with Crippen LogP contribution in [0.5, 0.6) is 0 Å². The Labute approximate surface area is 507 Å². The van der Waals surface area contributed by atoms with E-state index < -0.39 is 16.9 Å². The van der Waals surface area contributed by atoms with Crippen LogP contribution in [-0.2, 0) is 0 Å². The molecule has 1 nitrogen and oxygen atoms in total. The van der Waals surface area contributed by atoms with Gasteiger partial charge in [0.2, 0.25) is 0 Å². The zero-order valence-corrected chi connectivity index (χ0v) is 57.1. The molecule has 9 rings (SSSR count). The van der Waals surface area contributed by atoms with E-state index in [1.54, 1.807) is 39.9 Å². The average molecular weight is 1190 g/mol. The zero-order valence-electron chi connectivity index (χ0n) is 53.3. The lowest BCUT2D eigenvalue weighted by atomic mass is 9.68. The molecule has 80 heavy (non-hydrogen) atoms. The standard InChI is InChI=1S/C28H48OSi.C25H42Si.C23H35Br/c1-4-5-6-8-23-9-11-24(12-10-23)25-13-15-26(16-14-25)27-17-19-28(20-18-27)30(2,3)22-7-21-29;1-4-5-6-7-20-8-10-21(11-9-20)22-12-14-23(15-13-22)24-16-18-25(19-17-24)26(2)3;1-2-3-4-5-18-6-8-19(9-7-18)20-10-12-21(13-11-20)22-14-16-23(24)17-15-22/h17-20,23-26,29H,4-16,21-22H2,1-3H3;16-23,26H,4-15H2,1-3H3;14-21H,2-13H2,1H3. The molecule has 0 heterocycles. The predicted molar refractivity (Wildman–Crippen MR) is 362 cm³/mol. The first-order valence-corrected chi connectivity index (χ1v) is 42.4. The number of halogens is 1. The second kappa shape index (κ2) is 35.9. The molecule has 6 saturated carbocycles. The highest BCUT2D eigenvalue weighted by atomic mass is 79.9. The molecule has 0 saturated heterocycles. The van der Waals surface area contributed by atoms with E-state index in [4.69, 9.17) is 0 Å². The third-order valence-electron chi connectivity index (χ3n) is 23.2. The first-order chi connectivity index (χ1) is 39.0. The summed E-state index contributed by atoms with van der Waals surface area (Å²) in [6, 6.07) is 29.8. The Morgan fingerprint density at radius 1 is 0.388 bits per heavy atom. The minimum atomic E-state index is -1.38. The van der Waals surface area contributed by atoms with Crippen LogP contribution in [0.4, 0.5) is 0 Å². The van der Waals surface area contributed by atoms with E-state index >= 15 is 0 Å². The molecule has 1 N–H and O–H groups in total. The fourth-order valence-corrected chi connectivity index (χ4v) is 21.1. The Morgan fingerprint density at radius 3 is 0.963 bits per heavy atom. The number of aliphatic hydroxyl groups excluding tert-OH is 1. The van der Waals surface area contributed by atoms with Gasteiger partial charge in [0.25, 0.3) is 0 Å². The SMILES string of the molecule is CCCCCC1CCC(C2CCC(c3ccc(Br)cc3)CC2)CC1.CCCCCC1CCC(C2CCC(c3ccc([SiH](C)C)cc3)CC2)CC1.CCCCCC1CCC(C2CCC(c3ccc([Si](C)(C)CCCO)cc3)CC2)CC1. The number of aliphatic hydroxyl groups is 1. The summed E-state index contributed by atoms with van der Waals surface area (Å²) in [6.07, 6.45) is 54.1. The molecule has 6 aliphatic rings. The summed E-state index contributed by atoms with van der Waals surface area (Å²) in [5.41, 5.74) is 4.78. The molecule has 0 bridgehead atoms. The first kappa shape index (κ1) is 66.1. The molecule has 0 aromatic heterocycles. The van der Waals surface area contributed by atoms with Gasteiger partial charge in [-0.15, -0.1) is 0 Å². The Balaban J connectivity index is 0.000000174. The largest absolute Gasteiger partial charge is 0.396 e. The molecule has 0 spiro atoms. The van der Waals surface area contributed by atoms with Crippen molar-refractivity contribution in [2.45, 2.75) is 308 Å². The van der Waals surface area contributed by atoms with Crippen molar-refractivity contribution in [3.05, 3.63) is 94.0 Å². The van der Waals surface area contributed by atoms with Crippen LogP contribution >= 0.6 is 15.9 Å². The van der Waals surface area contributed by atoms with Crippen molar-refractivity contribution in [3.8, 4) is 0 Å². The second-order valence-corrected chi connectivity index (χ2v) is 38.1. The van der Waals surface area contributed by atoms with Gasteiger partial charge in [0.05, 0.1) is 16.9 Å². The molecule has 6 aliphatic carbocycles. The maximum atomic E-state index is 9.19. The van der Waals surface area contributed by atoms with Gasteiger partial charge in [-0.25, -0.2) is 0 Å². The molecule has 0 radical (unpaired) electrons. The molecule has 0 atom stereocenters. The minimum Gasteiger partial charge on any atom is -0.396 e. The van der Waals surface area contributed by atoms with E-state index in [9.17, 15) is 5.11 Å². The summed E-state index contributed by atoms with van der Waals surface area (Å²) in [4.78, 5) is 0. The topological polar surface area (TPSA) is 20.2 Å². The number of hydrogen-bond donors (Lipinski definition) is 1. The Bertz CT molecular complexity index is 2030. The lowest BCUT2D eigenvalue weighted by Gasteiger charge is -2.38. The molecule has 0 amide bonds. The summed E-state index contributed by atoms with van der Waals surface area (Å²) in [5, 5.41) is 12.4. The average Bonchev–Trinajstić information content (AvgIpc) is 3.52. The Kier molecular flexibility index (Phi) is 29.6. The van der Waals surface area contributed by atoms with Gasteiger partial charge in [-0.3, -0.25) is 0 Å². The third kappa shape index (κ3) is 21.5. The van der Waals surface area contributed by atoms with Gasteiger partial charge in [0.1, 0.15) is 0 Å². The Hall–Kier alpha value is -1.47. The van der Waals surface area contributed by atoms with Crippen LogP contribution in [0, 0.1) is 53.3 Å². The van der Waals surface area contributed by atoms with Crippen molar-refractivity contribution in [3.63, 3.8) is 0 Å². The fourth-order valence-electron chi connectivity index (χ4n) is 17.4. The van der Waals surface area contributed by atoms with E-state index in [-0.39, 0.29) is 0 Å².